The molecule has 5 nitrogen and oxygen atoms in total. The molecule has 1 saturated heterocycles. The number of likely N-dealkylation sites (tertiary alicyclic amines) is 1. The van der Waals surface area contributed by atoms with Crippen LogP contribution in [-0.2, 0) is 11.3 Å². The molecular weight excluding hydrogens is 292 g/mol. The second-order valence-electron chi connectivity index (χ2n) is 5.70. The summed E-state index contributed by atoms with van der Waals surface area (Å²) in [6.07, 6.45) is -0.301. The van der Waals surface area contributed by atoms with Crippen LogP contribution in [0.5, 0.6) is 5.75 Å². The SMILES string of the molecule is Cc1cc(OC2CN(C(=O)OCc3ccccc3)C2)ccc1N. The van der Waals surface area contributed by atoms with Crippen LogP contribution in [0.3, 0.4) is 0 Å². The van der Waals surface area contributed by atoms with Crippen molar-refractivity contribution in [3.63, 3.8) is 0 Å². The maximum Gasteiger partial charge on any atom is 0.410 e. The molecule has 5 heteroatoms. The van der Waals surface area contributed by atoms with E-state index in [0.717, 1.165) is 22.6 Å². The molecule has 0 aliphatic carbocycles. The molecule has 2 aromatic carbocycles. The summed E-state index contributed by atoms with van der Waals surface area (Å²) < 4.78 is 11.1. The number of hydrogen-bond donors (Lipinski definition) is 1. The smallest absolute Gasteiger partial charge is 0.410 e. The lowest BCUT2D eigenvalue weighted by atomic mass is 10.1. The van der Waals surface area contributed by atoms with E-state index in [1.807, 2.05) is 55.5 Å². The van der Waals surface area contributed by atoms with Crippen molar-refractivity contribution in [3.05, 3.63) is 59.7 Å². The first-order chi connectivity index (χ1) is 11.1. The molecule has 0 spiro atoms. The highest BCUT2D eigenvalue weighted by Crippen LogP contribution is 2.22. The van der Waals surface area contributed by atoms with Gasteiger partial charge in [0.1, 0.15) is 18.5 Å². The quantitative estimate of drug-likeness (QED) is 0.882. The number of aryl methyl sites for hydroxylation is 1. The van der Waals surface area contributed by atoms with Gasteiger partial charge in [0.2, 0.25) is 0 Å². The monoisotopic (exact) mass is 312 g/mol. The van der Waals surface area contributed by atoms with Gasteiger partial charge in [-0.25, -0.2) is 4.79 Å². The van der Waals surface area contributed by atoms with Gasteiger partial charge in [0, 0.05) is 5.69 Å². The summed E-state index contributed by atoms with van der Waals surface area (Å²) in [5.74, 6) is 0.777. The number of anilines is 1. The molecule has 2 N–H and O–H groups in total. The van der Waals surface area contributed by atoms with Crippen molar-refractivity contribution in [2.75, 3.05) is 18.8 Å². The molecule has 0 radical (unpaired) electrons. The lowest BCUT2D eigenvalue weighted by Crippen LogP contribution is -2.56. The second-order valence-corrected chi connectivity index (χ2v) is 5.70. The van der Waals surface area contributed by atoms with Gasteiger partial charge in [-0.2, -0.15) is 0 Å². The Morgan fingerprint density at radius 1 is 1.22 bits per heavy atom. The number of carbonyl (C=O) groups is 1. The Hall–Kier alpha value is -2.69. The van der Waals surface area contributed by atoms with Crippen molar-refractivity contribution >= 4 is 11.8 Å². The molecule has 1 amide bonds. The number of nitrogens with two attached hydrogens (primary N) is 1. The van der Waals surface area contributed by atoms with E-state index >= 15 is 0 Å². The molecule has 0 unspecified atom stereocenters. The van der Waals surface area contributed by atoms with Crippen molar-refractivity contribution in [2.45, 2.75) is 19.6 Å². The molecule has 1 heterocycles. The molecule has 0 bridgehead atoms. The van der Waals surface area contributed by atoms with Crippen molar-refractivity contribution in [2.24, 2.45) is 0 Å². The second kappa shape index (κ2) is 6.60. The van der Waals surface area contributed by atoms with Gasteiger partial charge in [-0.05, 0) is 36.2 Å². The van der Waals surface area contributed by atoms with Crippen LogP contribution in [-0.4, -0.2) is 30.2 Å². The highest BCUT2D eigenvalue weighted by atomic mass is 16.6. The topological polar surface area (TPSA) is 64.8 Å². The molecule has 23 heavy (non-hydrogen) atoms. The maximum atomic E-state index is 11.9. The number of carbonyl (C=O) groups excluding carboxylic acids is 1. The Kier molecular flexibility index (Phi) is 4.37. The third-order valence-corrected chi connectivity index (χ3v) is 3.86. The van der Waals surface area contributed by atoms with E-state index in [4.69, 9.17) is 15.2 Å². The summed E-state index contributed by atoms with van der Waals surface area (Å²) in [5.41, 5.74) is 8.50. The minimum atomic E-state index is -0.304. The molecule has 1 fully saturated rings. The predicted octanol–water partition coefficient (Wildman–Crippen LogP) is 2.98. The molecule has 0 aromatic heterocycles. The Morgan fingerprint density at radius 2 is 1.96 bits per heavy atom. The number of nitrogens with zero attached hydrogens (tertiary/aromatic N) is 1. The molecule has 1 aliphatic heterocycles. The first-order valence-electron chi connectivity index (χ1n) is 7.60. The summed E-state index contributed by atoms with van der Waals surface area (Å²) in [5, 5.41) is 0. The van der Waals surface area contributed by atoms with Gasteiger partial charge in [-0.15, -0.1) is 0 Å². The Bertz CT molecular complexity index is 682. The fourth-order valence-electron chi connectivity index (χ4n) is 2.39. The van der Waals surface area contributed by atoms with Crippen LogP contribution < -0.4 is 10.5 Å². The standard InChI is InChI=1S/C18H20N2O3/c1-13-9-15(7-8-17(13)19)23-16-10-20(11-16)18(21)22-12-14-5-3-2-4-6-14/h2-9,16H,10-12,19H2,1H3. The molecule has 0 atom stereocenters. The van der Waals surface area contributed by atoms with Gasteiger partial charge in [-0.3, -0.25) is 0 Å². The molecular formula is C18H20N2O3. The lowest BCUT2D eigenvalue weighted by Gasteiger charge is -2.38. The zero-order valence-corrected chi connectivity index (χ0v) is 13.1. The van der Waals surface area contributed by atoms with E-state index in [0.29, 0.717) is 19.7 Å². The van der Waals surface area contributed by atoms with Crippen LogP contribution in [0.1, 0.15) is 11.1 Å². The van der Waals surface area contributed by atoms with Gasteiger partial charge in [0.25, 0.3) is 0 Å². The summed E-state index contributed by atoms with van der Waals surface area (Å²) >= 11 is 0. The van der Waals surface area contributed by atoms with Crippen molar-refractivity contribution in [1.82, 2.24) is 4.90 Å². The fraction of sp³-hybridized carbons (Fsp3) is 0.278. The average molecular weight is 312 g/mol. The van der Waals surface area contributed by atoms with Crippen LogP contribution >= 0.6 is 0 Å². The number of benzene rings is 2. The van der Waals surface area contributed by atoms with Gasteiger partial charge < -0.3 is 20.1 Å². The van der Waals surface area contributed by atoms with E-state index in [-0.39, 0.29) is 12.2 Å². The van der Waals surface area contributed by atoms with E-state index in [2.05, 4.69) is 0 Å². The highest BCUT2D eigenvalue weighted by Gasteiger charge is 2.33. The van der Waals surface area contributed by atoms with E-state index in [1.165, 1.54) is 0 Å². The van der Waals surface area contributed by atoms with Crippen LogP contribution in [0.4, 0.5) is 10.5 Å². The lowest BCUT2D eigenvalue weighted by molar-refractivity contribution is 0.00868. The number of rotatable bonds is 4. The highest BCUT2D eigenvalue weighted by molar-refractivity contribution is 5.68. The number of hydrogen-bond acceptors (Lipinski definition) is 4. The first kappa shape index (κ1) is 15.2. The van der Waals surface area contributed by atoms with Crippen LogP contribution in [0.15, 0.2) is 48.5 Å². The van der Waals surface area contributed by atoms with Gasteiger partial charge in [0.05, 0.1) is 13.1 Å². The fourth-order valence-corrected chi connectivity index (χ4v) is 2.39. The zero-order valence-electron chi connectivity index (χ0n) is 13.1. The predicted molar refractivity (Wildman–Crippen MR) is 88.2 cm³/mol. The molecule has 1 aliphatic rings. The van der Waals surface area contributed by atoms with E-state index in [1.54, 1.807) is 4.90 Å². The van der Waals surface area contributed by atoms with E-state index in [9.17, 15) is 4.79 Å². The third kappa shape index (κ3) is 3.74. The van der Waals surface area contributed by atoms with Crippen LogP contribution in [0.2, 0.25) is 0 Å². The molecule has 2 aromatic rings. The minimum Gasteiger partial charge on any atom is -0.487 e. The third-order valence-electron chi connectivity index (χ3n) is 3.86. The van der Waals surface area contributed by atoms with Gasteiger partial charge in [-0.1, -0.05) is 30.3 Å². The van der Waals surface area contributed by atoms with Crippen molar-refractivity contribution in [1.29, 1.82) is 0 Å². The zero-order chi connectivity index (χ0) is 16.2. The summed E-state index contributed by atoms with van der Waals surface area (Å²) in [7, 11) is 0. The summed E-state index contributed by atoms with van der Waals surface area (Å²) in [6, 6.07) is 15.2. The molecule has 120 valence electrons. The van der Waals surface area contributed by atoms with Crippen LogP contribution in [0, 0.1) is 6.92 Å². The first-order valence-corrected chi connectivity index (χ1v) is 7.60. The Morgan fingerprint density at radius 3 is 2.65 bits per heavy atom. The van der Waals surface area contributed by atoms with Gasteiger partial charge in [0.15, 0.2) is 0 Å². The minimum absolute atomic E-state index is 0.00213. The normalized spacial score (nSPS) is 14.2. The summed E-state index contributed by atoms with van der Waals surface area (Å²) in [6.45, 7) is 3.31. The maximum absolute atomic E-state index is 11.9. The average Bonchev–Trinajstić information content (AvgIpc) is 2.52. The summed E-state index contributed by atoms with van der Waals surface area (Å²) in [4.78, 5) is 13.6. The number of ether oxygens (including phenoxy) is 2. The van der Waals surface area contributed by atoms with Crippen molar-refractivity contribution < 1.29 is 14.3 Å². The van der Waals surface area contributed by atoms with Crippen molar-refractivity contribution in [3.8, 4) is 5.75 Å². The van der Waals surface area contributed by atoms with Gasteiger partial charge >= 0.3 is 6.09 Å². The largest absolute Gasteiger partial charge is 0.487 e. The van der Waals surface area contributed by atoms with Crippen LogP contribution in [0.25, 0.3) is 0 Å². The Balaban J connectivity index is 1.43. The molecule has 0 saturated carbocycles. The molecule has 3 rings (SSSR count). The Labute approximate surface area is 135 Å². The number of amides is 1. The van der Waals surface area contributed by atoms with E-state index < -0.39 is 0 Å². The number of nitrogen functional groups attached to an aromatic ring is 1.